The number of rotatable bonds is 6. The Hall–Kier alpha value is -2.63. The van der Waals surface area contributed by atoms with Crippen LogP contribution in [0, 0.1) is 5.92 Å². The van der Waals surface area contributed by atoms with Crippen LogP contribution in [0.4, 0.5) is 0 Å². The van der Waals surface area contributed by atoms with E-state index in [0.29, 0.717) is 17.1 Å². The van der Waals surface area contributed by atoms with Crippen molar-refractivity contribution in [1.82, 2.24) is 4.90 Å². The molecule has 2 unspecified atom stereocenters. The molecular formula is C22H28N2O4. The smallest absolute Gasteiger partial charge is 0.338 e. The number of hydrogen-bond donors (Lipinski definition) is 0. The Labute approximate surface area is 166 Å². The fourth-order valence-electron chi connectivity index (χ4n) is 4.00. The van der Waals surface area contributed by atoms with Crippen molar-refractivity contribution in [3.8, 4) is 0 Å². The molecule has 2 aliphatic rings. The van der Waals surface area contributed by atoms with Crippen LogP contribution < -0.4 is 0 Å². The summed E-state index contributed by atoms with van der Waals surface area (Å²) in [6, 6.07) is 9.63. The summed E-state index contributed by atoms with van der Waals surface area (Å²) in [7, 11) is 0. The topological polar surface area (TPSA) is 68.2 Å². The Kier molecular flexibility index (Phi) is 6.49. The first-order valence-electron chi connectivity index (χ1n) is 10.0. The summed E-state index contributed by atoms with van der Waals surface area (Å²) in [5, 5.41) is 0. The molecule has 150 valence electrons. The average Bonchev–Trinajstić information content (AvgIpc) is 3.22. The number of ether oxygens (including phenoxy) is 2. The molecule has 6 nitrogen and oxygen atoms in total. The summed E-state index contributed by atoms with van der Waals surface area (Å²) in [6.45, 7) is 7.65. The lowest BCUT2D eigenvalue weighted by atomic mass is 9.76. The van der Waals surface area contributed by atoms with E-state index in [2.05, 4.69) is 4.90 Å². The number of likely N-dealkylation sites (tertiary alicyclic amines) is 1. The molecule has 28 heavy (non-hydrogen) atoms. The van der Waals surface area contributed by atoms with Gasteiger partial charge in [-0.15, -0.1) is 0 Å². The number of hydrogen-bond acceptors (Lipinski definition) is 6. The van der Waals surface area contributed by atoms with Gasteiger partial charge in [0.1, 0.15) is 11.7 Å². The minimum Gasteiger partial charge on any atom is -0.465 e. The zero-order chi connectivity index (χ0) is 20.1. The lowest BCUT2D eigenvalue weighted by Gasteiger charge is -2.34. The Morgan fingerprint density at radius 3 is 2.32 bits per heavy atom. The van der Waals surface area contributed by atoms with E-state index >= 15 is 0 Å². The second-order valence-corrected chi connectivity index (χ2v) is 7.02. The van der Waals surface area contributed by atoms with Gasteiger partial charge < -0.3 is 14.4 Å². The maximum absolute atomic E-state index is 13.1. The van der Waals surface area contributed by atoms with Gasteiger partial charge in [-0.25, -0.2) is 9.79 Å². The van der Waals surface area contributed by atoms with E-state index in [1.165, 1.54) is 0 Å². The highest BCUT2D eigenvalue weighted by Crippen LogP contribution is 2.41. The number of carbonyl (C=O) groups excluding carboxylic acids is 2. The summed E-state index contributed by atoms with van der Waals surface area (Å²) in [6.07, 6.45) is 2.12. The fraction of sp³-hybridized carbons (Fsp3) is 0.500. The normalized spacial score (nSPS) is 22.1. The number of benzene rings is 1. The molecule has 0 bridgehead atoms. The van der Waals surface area contributed by atoms with Crippen molar-refractivity contribution in [2.45, 2.75) is 39.5 Å². The molecule has 0 N–H and O–H groups in total. The Morgan fingerprint density at radius 2 is 1.71 bits per heavy atom. The zero-order valence-corrected chi connectivity index (χ0v) is 16.8. The van der Waals surface area contributed by atoms with Crippen molar-refractivity contribution >= 4 is 17.7 Å². The largest absolute Gasteiger partial charge is 0.465 e. The van der Waals surface area contributed by atoms with Crippen molar-refractivity contribution in [2.75, 3.05) is 26.3 Å². The summed E-state index contributed by atoms with van der Waals surface area (Å²) in [4.78, 5) is 32.8. The van der Waals surface area contributed by atoms with Gasteiger partial charge in [0, 0.05) is 24.7 Å². The number of aliphatic imine (C=N–C) groups is 1. The first kappa shape index (κ1) is 20.1. The molecule has 0 radical (unpaired) electrons. The molecule has 1 saturated heterocycles. The minimum absolute atomic E-state index is 0.268. The summed E-state index contributed by atoms with van der Waals surface area (Å²) >= 11 is 0. The molecular weight excluding hydrogens is 356 g/mol. The first-order chi connectivity index (χ1) is 13.6. The number of nitrogens with zero attached hydrogens (tertiary/aromatic N) is 2. The van der Waals surface area contributed by atoms with Crippen molar-refractivity contribution in [2.24, 2.45) is 10.9 Å². The molecule has 1 aromatic rings. The van der Waals surface area contributed by atoms with Crippen LogP contribution >= 0.6 is 0 Å². The molecule has 0 spiro atoms. The molecule has 2 atom stereocenters. The minimum atomic E-state index is -0.645. The van der Waals surface area contributed by atoms with E-state index in [0.717, 1.165) is 31.5 Å². The SMILES string of the molecule is CCOC(=O)C1=C(N2CCCC2)N=C(C)C(C(=O)OCC)C1c1ccccc1. The highest BCUT2D eigenvalue weighted by atomic mass is 16.5. The monoisotopic (exact) mass is 384 g/mol. The van der Waals surface area contributed by atoms with Gasteiger partial charge in [-0.1, -0.05) is 30.3 Å². The molecule has 0 amide bonds. The van der Waals surface area contributed by atoms with E-state index in [1.807, 2.05) is 37.3 Å². The Bertz CT molecular complexity index is 779. The van der Waals surface area contributed by atoms with E-state index in [1.54, 1.807) is 13.8 Å². The van der Waals surface area contributed by atoms with Gasteiger partial charge in [0.2, 0.25) is 0 Å². The lowest BCUT2D eigenvalue weighted by Crippen LogP contribution is -2.39. The quantitative estimate of drug-likeness (QED) is 0.704. The van der Waals surface area contributed by atoms with Crippen LogP contribution in [-0.2, 0) is 19.1 Å². The van der Waals surface area contributed by atoms with Gasteiger partial charge in [-0.3, -0.25) is 4.79 Å². The Morgan fingerprint density at radius 1 is 1.07 bits per heavy atom. The van der Waals surface area contributed by atoms with E-state index < -0.39 is 17.8 Å². The second kappa shape index (κ2) is 9.04. The van der Waals surface area contributed by atoms with Crippen molar-refractivity contribution in [3.05, 3.63) is 47.3 Å². The highest BCUT2D eigenvalue weighted by molar-refractivity contribution is 6.07. The van der Waals surface area contributed by atoms with Gasteiger partial charge >= 0.3 is 11.9 Å². The maximum Gasteiger partial charge on any atom is 0.338 e. The van der Waals surface area contributed by atoms with Gasteiger partial charge in [0.25, 0.3) is 0 Å². The Balaban J connectivity index is 2.18. The number of carbonyl (C=O) groups is 2. The van der Waals surface area contributed by atoms with E-state index in [-0.39, 0.29) is 19.2 Å². The average molecular weight is 384 g/mol. The molecule has 6 heteroatoms. The number of esters is 2. The van der Waals surface area contributed by atoms with Crippen LogP contribution in [0.5, 0.6) is 0 Å². The van der Waals surface area contributed by atoms with Crippen LogP contribution in [0.2, 0.25) is 0 Å². The predicted molar refractivity (Wildman–Crippen MR) is 107 cm³/mol. The third kappa shape index (κ3) is 3.96. The molecule has 1 aromatic carbocycles. The summed E-state index contributed by atoms with van der Waals surface area (Å²) in [5.74, 6) is -1.26. The predicted octanol–water partition coefficient (Wildman–Crippen LogP) is 3.29. The van der Waals surface area contributed by atoms with Gasteiger partial charge in [0.05, 0.1) is 18.8 Å². The van der Waals surface area contributed by atoms with Crippen molar-refractivity contribution < 1.29 is 19.1 Å². The van der Waals surface area contributed by atoms with Crippen LogP contribution in [0.1, 0.15) is 45.1 Å². The summed E-state index contributed by atoms with van der Waals surface area (Å²) < 4.78 is 10.7. The van der Waals surface area contributed by atoms with Crippen LogP contribution in [0.25, 0.3) is 0 Å². The summed E-state index contributed by atoms with van der Waals surface area (Å²) in [5.41, 5.74) is 2.01. The fourth-order valence-corrected chi connectivity index (χ4v) is 4.00. The van der Waals surface area contributed by atoms with Crippen LogP contribution in [-0.4, -0.2) is 48.9 Å². The maximum atomic E-state index is 13.1. The van der Waals surface area contributed by atoms with Gasteiger partial charge in [0.15, 0.2) is 0 Å². The zero-order valence-electron chi connectivity index (χ0n) is 16.8. The highest BCUT2D eigenvalue weighted by Gasteiger charge is 2.44. The second-order valence-electron chi connectivity index (χ2n) is 7.02. The lowest BCUT2D eigenvalue weighted by molar-refractivity contribution is -0.146. The molecule has 2 heterocycles. The standard InChI is InChI=1S/C22H28N2O4/c1-4-27-21(25)17-15(3)23-20(24-13-9-10-14-24)19(22(26)28-5-2)18(17)16-11-7-6-8-12-16/h6-8,11-12,17-18H,4-5,9-10,13-14H2,1-3H3. The van der Waals surface area contributed by atoms with E-state index in [9.17, 15) is 9.59 Å². The molecule has 2 aliphatic heterocycles. The first-order valence-corrected chi connectivity index (χ1v) is 10.0. The third-order valence-electron chi connectivity index (χ3n) is 5.22. The molecule has 1 fully saturated rings. The molecule has 0 saturated carbocycles. The van der Waals surface area contributed by atoms with Crippen molar-refractivity contribution in [1.29, 1.82) is 0 Å². The van der Waals surface area contributed by atoms with E-state index in [4.69, 9.17) is 14.5 Å². The molecule has 0 aliphatic carbocycles. The third-order valence-corrected chi connectivity index (χ3v) is 5.22. The molecule has 3 rings (SSSR count). The van der Waals surface area contributed by atoms with Crippen LogP contribution in [0.3, 0.4) is 0 Å². The van der Waals surface area contributed by atoms with Crippen molar-refractivity contribution in [3.63, 3.8) is 0 Å². The molecule has 0 aromatic heterocycles. The van der Waals surface area contributed by atoms with Crippen LogP contribution in [0.15, 0.2) is 46.7 Å². The van der Waals surface area contributed by atoms with Gasteiger partial charge in [-0.2, -0.15) is 0 Å². The van der Waals surface area contributed by atoms with Gasteiger partial charge in [-0.05, 0) is 39.2 Å².